The molecule has 2 amide bonds. The molecule has 24 heavy (non-hydrogen) atoms. The SMILES string of the molecule is CC1(CNC(=O)NC2CCN(c3ccccc3)C2)CCCCC1O. The zero-order valence-electron chi connectivity index (χ0n) is 14.5. The molecule has 2 fully saturated rings. The number of carbonyl (C=O) groups excluding carboxylic acids is 1. The molecule has 0 aromatic heterocycles. The summed E-state index contributed by atoms with van der Waals surface area (Å²) in [5.74, 6) is 0. The third-order valence-electron chi connectivity index (χ3n) is 5.58. The number of aliphatic hydroxyl groups is 1. The van der Waals surface area contributed by atoms with Gasteiger partial charge in [-0.15, -0.1) is 0 Å². The number of aliphatic hydroxyl groups excluding tert-OH is 1. The van der Waals surface area contributed by atoms with E-state index in [0.717, 1.165) is 45.2 Å². The normalized spacial score (nSPS) is 30.2. The highest BCUT2D eigenvalue weighted by Gasteiger charge is 2.35. The Labute approximate surface area is 144 Å². The lowest BCUT2D eigenvalue weighted by atomic mass is 9.73. The third kappa shape index (κ3) is 4.01. The number of urea groups is 1. The number of para-hydroxylation sites is 1. The zero-order chi connectivity index (χ0) is 17.0. The quantitative estimate of drug-likeness (QED) is 0.794. The van der Waals surface area contributed by atoms with Crippen LogP contribution in [0.2, 0.25) is 0 Å². The van der Waals surface area contributed by atoms with Crippen LogP contribution in [0.5, 0.6) is 0 Å². The number of benzene rings is 1. The van der Waals surface area contributed by atoms with Crippen LogP contribution in [0.15, 0.2) is 30.3 Å². The number of carbonyl (C=O) groups is 1. The van der Waals surface area contributed by atoms with Crippen LogP contribution in [0.1, 0.15) is 39.0 Å². The van der Waals surface area contributed by atoms with E-state index in [1.165, 1.54) is 5.69 Å². The van der Waals surface area contributed by atoms with Crippen molar-refractivity contribution in [3.8, 4) is 0 Å². The van der Waals surface area contributed by atoms with Crippen molar-refractivity contribution in [1.29, 1.82) is 0 Å². The van der Waals surface area contributed by atoms with E-state index in [0.29, 0.717) is 6.54 Å². The highest BCUT2D eigenvalue weighted by atomic mass is 16.3. The Morgan fingerprint density at radius 1 is 1.29 bits per heavy atom. The number of rotatable bonds is 4. The van der Waals surface area contributed by atoms with Crippen LogP contribution in [-0.4, -0.2) is 42.9 Å². The maximum Gasteiger partial charge on any atom is 0.315 e. The van der Waals surface area contributed by atoms with Gasteiger partial charge in [0.1, 0.15) is 0 Å². The molecule has 2 aliphatic rings. The van der Waals surface area contributed by atoms with Crippen LogP contribution in [0, 0.1) is 5.41 Å². The third-order valence-corrected chi connectivity index (χ3v) is 5.58. The van der Waals surface area contributed by atoms with Crippen molar-refractivity contribution in [3.05, 3.63) is 30.3 Å². The molecular formula is C19H29N3O2. The molecule has 1 saturated heterocycles. The van der Waals surface area contributed by atoms with Gasteiger partial charge >= 0.3 is 6.03 Å². The Morgan fingerprint density at radius 2 is 2.08 bits per heavy atom. The molecule has 3 rings (SSSR count). The van der Waals surface area contributed by atoms with E-state index in [9.17, 15) is 9.90 Å². The van der Waals surface area contributed by atoms with E-state index in [-0.39, 0.29) is 23.6 Å². The average molecular weight is 331 g/mol. The molecule has 0 bridgehead atoms. The van der Waals surface area contributed by atoms with Crippen LogP contribution in [0.3, 0.4) is 0 Å². The van der Waals surface area contributed by atoms with Gasteiger partial charge < -0.3 is 20.6 Å². The Balaban J connectivity index is 1.44. The van der Waals surface area contributed by atoms with Gasteiger partial charge in [-0.2, -0.15) is 0 Å². The molecule has 5 nitrogen and oxygen atoms in total. The molecule has 1 aliphatic carbocycles. The number of anilines is 1. The minimum absolute atomic E-state index is 0.117. The average Bonchev–Trinajstić information content (AvgIpc) is 3.05. The van der Waals surface area contributed by atoms with Gasteiger partial charge in [0.25, 0.3) is 0 Å². The van der Waals surface area contributed by atoms with E-state index in [1.807, 2.05) is 18.2 Å². The molecule has 0 spiro atoms. The summed E-state index contributed by atoms with van der Waals surface area (Å²) in [4.78, 5) is 14.5. The fourth-order valence-electron chi connectivity index (χ4n) is 3.86. The van der Waals surface area contributed by atoms with Gasteiger partial charge in [0.15, 0.2) is 0 Å². The van der Waals surface area contributed by atoms with Crippen LogP contribution in [-0.2, 0) is 0 Å². The Kier molecular flexibility index (Phi) is 5.29. The molecule has 3 N–H and O–H groups in total. The standard InChI is InChI=1S/C19H29N3O2/c1-19(11-6-5-9-17(19)23)14-20-18(24)21-15-10-12-22(13-15)16-7-3-2-4-8-16/h2-4,7-8,15,17,23H,5-6,9-14H2,1H3,(H2,20,21,24). The first-order chi connectivity index (χ1) is 11.6. The van der Waals surface area contributed by atoms with Gasteiger partial charge in [0.2, 0.25) is 0 Å². The zero-order valence-corrected chi connectivity index (χ0v) is 14.5. The van der Waals surface area contributed by atoms with Crippen molar-refractivity contribution in [1.82, 2.24) is 10.6 Å². The van der Waals surface area contributed by atoms with Crippen LogP contribution in [0.25, 0.3) is 0 Å². The topological polar surface area (TPSA) is 64.6 Å². The summed E-state index contributed by atoms with van der Waals surface area (Å²) in [7, 11) is 0. The predicted molar refractivity (Wildman–Crippen MR) is 96.2 cm³/mol. The van der Waals surface area contributed by atoms with Gasteiger partial charge in [0, 0.05) is 36.8 Å². The van der Waals surface area contributed by atoms with E-state index in [1.54, 1.807) is 0 Å². The molecule has 1 heterocycles. The van der Waals surface area contributed by atoms with Gasteiger partial charge in [-0.3, -0.25) is 0 Å². The summed E-state index contributed by atoms with van der Waals surface area (Å²) in [6.07, 6.45) is 4.67. The fourth-order valence-corrected chi connectivity index (χ4v) is 3.86. The van der Waals surface area contributed by atoms with Gasteiger partial charge in [-0.25, -0.2) is 4.79 Å². The molecule has 132 valence electrons. The Hall–Kier alpha value is -1.75. The minimum Gasteiger partial charge on any atom is -0.392 e. The second kappa shape index (κ2) is 7.43. The molecule has 1 aromatic carbocycles. The van der Waals surface area contributed by atoms with Crippen LogP contribution >= 0.6 is 0 Å². The summed E-state index contributed by atoms with van der Waals surface area (Å²) in [5, 5.41) is 16.3. The number of amides is 2. The molecular weight excluding hydrogens is 302 g/mol. The monoisotopic (exact) mass is 331 g/mol. The van der Waals surface area contributed by atoms with Gasteiger partial charge in [-0.1, -0.05) is 38.0 Å². The minimum atomic E-state index is -0.313. The summed E-state index contributed by atoms with van der Waals surface area (Å²) in [6, 6.07) is 10.4. The number of nitrogens with one attached hydrogen (secondary N) is 2. The summed E-state index contributed by atoms with van der Waals surface area (Å²) in [6.45, 7) is 4.42. The summed E-state index contributed by atoms with van der Waals surface area (Å²) in [5.41, 5.74) is 1.02. The van der Waals surface area contributed by atoms with Crippen molar-refractivity contribution in [2.75, 3.05) is 24.5 Å². The summed E-state index contributed by atoms with van der Waals surface area (Å²) >= 11 is 0. The van der Waals surface area contributed by atoms with Crippen molar-refractivity contribution in [3.63, 3.8) is 0 Å². The van der Waals surface area contributed by atoms with Crippen LogP contribution < -0.4 is 15.5 Å². The second-order valence-corrected chi connectivity index (χ2v) is 7.51. The molecule has 1 aromatic rings. The first kappa shape index (κ1) is 17.1. The maximum atomic E-state index is 12.2. The van der Waals surface area contributed by atoms with Gasteiger partial charge in [-0.05, 0) is 31.4 Å². The van der Waals surface area contributed by atoms with E-state index in [2.05, 4.69) is 34.6 Å². The lowest BCUT2D eigenvalue weighted by molar-refractivity contribution is 0.00306. The first-order valence-electron chi connectivity index (χ1n) is 9.09. The highest BCUT2D eigenvalue weighted by molar-refractivity contribution is 5.74. The number of hydrogen-bond acceptors (Lipinski definition) is 3. The first-order valence-corrected chi connectivity index (χ1v) is 9.09. The number of hydrogen-bond donors (Lipinski definition) is 3. The molecule has 3 atom stereocenters. The van der Waals surface area contributed by atoms with Crippen molar-refractivity contribution in [2.45, 2.75) is 51.2 Å². The van der Waals surface area contributed by atoms with Crippen molar-refractivity contribution in [2.24, 2.45) is 5.41 Å². The highest BCUT2D eigenvalue weighted by Crippen LogP contribution is 2.35. The fraction of sp³-hybridized carbons (Fsp3) is 0.632. The Bertz CT molecular complexity index is 551. The van der Waals surface area contributed by atoms with Crippen LogP contribution in [0.4, 0.5) is 10.5 Å². The predicted octanol–water partition coefficient (Wildman–Crippen LogP) is 2.51. The number of nitrogens with zero attached hydrogens (tertiary/aromatic N) is 1. The van der Waals surface area contributed by atoms with Crippen molar-refractivity contribution < 1.29 is 9.90 Å². The molecule has 1 saturated carbocycles. The van der Waals surface area contributed by atoms with E-state index < -0.39 is 0 Å². The Morgan fingerprint density at radius 3 is 2.83 bits per heavy atom. The molecule has 1 aliphatic heterocycles. The molecule has 3 unspecified atom stereocenters. The molecule has 5 heteroatoms. The summed E-state index contributed by atoms with van der Waals surface area (Å²) < 4.78 is 0. The van der Waals surface area contributed by atoms with E-state index >= 15 is 0 Å². The molecule has 0 radical (unpaired) electrons. The van der Waals surface area contributed by atoms with Gasteiger partial charge in [0.05, 0.1) is 6.10 Å². The lowest BCUT2D eigenvalue weighted by Crippen LogP contribution is -2.50. The van der Waals surface area contributed by atoms with E-state index in [4.69, 9.17) is 0 Å². The lowest BCUT2D eigenvalue weighted by Gasteiger charge is -2.38. The largest absolute Gasteiger partial charge is 0.392 e. The van der Waals surface area contributed by atoms with Crippen molar-refractivity contribution >= 4 is 11.7 Å². The smallest absolute Gasteiger partial charge is 0.315 e. The second-order valence-electron chi connectivity index (χ2n) is 7.51. The maximum absolute atomic E-state index is 12.2.